The third kappa shape index (κ3) is 3.38. The highest BCUT2D eigenvalue weighted by atomic mass is 16.5. The normalized spacial score (nSPS) is 10.8. The van der Waals surface area contributed by atoms with E-state index in [1.807, 2.05) is 6.07 Å². The van der Waals surface area contributed by atoms with Crippen LogP contribution in [0.5, 0.6) is 5.75 Å². The number of methoxy groups -OCH3 is 1. The Bertz CT molecular complexity index is 433. The molecule has 0 saturated heterocycles. The average molecular weight is 247 g/mol. The molecule has 1 aromatic carbocycles. The molecule has 98 valence electrons. The molecule has 0 fully saturated rings. The number of ether oxygens (including phenoxy) is 1. The first-order chi connectivity index (χ1) is 8.58. The summed E-state index contributed by atoms with van der Waals surface area (Å²) >= 11 is 0. The summed E-state index contributed by atoms with van der Waals surface area (Å²) in [6.45, 7) is 4.78. The van der Waals surface area contributed by atoms with Crippen LogP contribution in [0, 0.1) is 11.3 Å². The van der Waals surface area contributed by atoms with Crippen molar-refractivity contribution in [1.29, 1.82) is 5.26 Å². The predicted molar refractivity (Wildman–Crippen MR) is 73.7 cm³/mol. The first-order valence-electron chi connectivity index (χ1n) is 6.19. The fourth-order valence-electron chi connectivity index (χ4n) is 1.67. The van der Waals surface area contributed by atoms with Gasteiger partial charge >= 0.3 is 0 Å². The van der Waals surface area contributed by atoms with Gasteiger partial charge in [-0.1, -0.05) is 13.8 Å². The SMILES string of the molecule is CCC(N)(CC)CNc1cc(OC)ccc1C#N. The smallest absolute Gasteiger partial charge is 0.121 e. The van der Waals surface area contributed by atoms with Crippen LogP contribution in [-0.4, -0.2) is 19.2 Å². The van der Waals surface area contributed by atoms with Crippen LogP contribution in [0.15, 0.2) is 18.2 Å². The fraction of sp³-hybridized carbons (Fsp3) is 0.500. The highest BCUT2D eigenvalue weighted by Gasteiger charge is 2.20. The van der Waals surface area contributed by atoms with Crippen molar-refractivity contribution in [1.82, 2.24) is 0 Å². The van der Waals surface area contributed by atoms with E-state index in [1.54, 1.807) is 19.2 Å². The second-order valence-corrected chi connectivity index (χ2v) is 4.45. The predicted octanol–water partition coefficient (Wildman–Crippen LogP) is 2.50. The van der Waals surface area contributed by atoms with E-state index in [1.165, 1.54) is 0 Å². The average Bonchev–Trinajstić information content (AvgIpc) is 2.44. The van der Waals surface area contributed by atoms with Crippen molar-refractivity contribution < 1.29 is 4.74 Å². The number of benzene rings is 1. The zero-order valence-electron chi connectivity index (χ0n) is 11.3. The Kier molecular flexibility index (Phi) is 4.99. The molecular weight excluding hydrogens is 226 g/mol. The summed E-state index contributed by atoms with van der Waals surface area (Å²) in [4.78, 5) is 0. The second kappa shape index (κ2) is 6.27. The molecule has 0 saturated carbocycles. The van der Waals surface area contributed by atoms with Crippen LogP contribution in [0.4, 0.5) is 5.69 Å². The van der Waals surface area contributed by atoms with Crippen LogP contribution in [0.3, 0.4) is 0 Å². The summed E-state index contributed by atoms with van der Waals surface area (Å²) in [5, 5.41) is 12.3. The lowest BCUT2D eigenvalue weighted by Crippen LogP contribution is -2.45. The maximum atomic E-state index is 9.06. The summed E-state index contributed by atoms with van der Waals surface area (Å²) in [6, 6.07) is 7.51. The van der Waals surface area contributed by atoms with Gasteiger partial charge in [0.1, 0.15) is 11.8 Å². The molecule has 0 radical (unpaired) electrons. The highest BCUT2D eigenvalue weighted by molar-refractivity contribution is 5.60. The van der Waals surface area contributed by atoms with Gasteiger partial charge in [0.25, 0.3) is 0 Å². The van der Waals surface area contributed by atoms with E-state index < -0.39 is 0 Å². The Balaban J connectivity index is 2.86. The monoisotopic (exact) mass is 247 g/mol. The van der Waals surface area contributed by atoms with Crippen LogP contribution >= 0.6 is 0 Å². The molecule has 0 spiro atoms. The van der Waals surface area contributed by atoms with Gasteiger partial charge in [0, 0.05) is 18.2 Å². The van der Waals surface area contributed by atoms with Gasteiger partial charge in [-0.15, -0.1) is 0 Å². The topological polar surface area (TPSA) is 71.1 Å². The lowest BCUT2D eigenvalue weighted by atomic mass is 9.94. The molecule has 0 aliphatic carbocycles. The number of nitrogens with zero attached hydrogens (tertiary/aromatic N) is 1. The molecule has 3 N–H and O–H groups in total. The minimum absolute atomic E-state index is 0.240. The quantitative estimate of drug-likeness (QED) is 0.810. The van der Waals surface area contributed by atoms with Gasteiger partial charge in [0.15, 0.2) is 0 Å². The molecule has 18 heavy (non-hydrogen) atoms. The van der Waals surface area contributed by atoms with Gasteiger partial charge in [-0.05, 0) is 25.0 Å². The minimum atomic E-state index is -0.240. The Morgan fingerprint density at radius 3 is 2.56 bits per heavy atom. The third-order valence-electron chi connectivity index (χ3n) is 3.39. The largest absolute Gasteiger partial charge is 0.497 e. The van der Waals surface area contributed by atoms with Gasteiger partial charge in [-0.3, -0.25) is 0 Å². The fourth-order valence-corrected chi connectivity index (χ4v) is 1.67. The maximum Gasteiger partial charge on any atom is 0.121 e. The zero-order valence-corrected chi connectivity index (χ0v) is 11.3. The van der Waals surface area contributed by atoms with E-state index >= 15 is 0 Å². The molecule has 1 rings (SSSR count). The van der Waals surface area contributed by atoms with E-state index in [-0.39, 0.29) is 5.54 Å². The molecule has 0 aliphatic heterocycles. The Morgan fingerprint density at radius 2 is 2.06 bits per heavy atom. The van der Waals surface area contributed by atoms with Gasteiger partial charge < -0.3 is 15.8 Å². The number of nitrogens with two attached hydrogens (primary N) is 1. The number of anilines is 1. The van der Waals surface area contributed by atoms with Crippen LogP contribution in [0.25, 0.3) is 0 Å². The van der Waals surface area contributed by atoms with E-state index in [0.717, 1.165) is 24.3 Å². The maximum absolute atomic E-state index is 9.06. The lowest BCUT2D eigenvalue weighted by molar-refractivity contribution is 0.413. The van der Waals surface area contributed by atoms with Crippen molar-refractivity contribution in [3.05, 3.63) is 23.8 Å². The van der Waals surface area contributed by atoms with Gasteiger partial charge in [-0.25, -0.2) is 0 Å². The number of hydrogen-bond acceptors (Lipinski definition) is 4. The second-order valence-electron chi connectivity index (χ2n) is 4.45. The Hall–Kier alpha value is -1.73. The molecule has 0 amide bonds. The summed E-state index contributed by atoms with van der Waals surface area (Å²) in [5.41, 5.74) is 7.36. The molecule has 0 unspecified atom stereocenters. The van der Waals surface area contributed by atoms with Crippen LogP contribution < -0.4 is 15.8 Å². The number of hydrogen-bond donors (Lipinski definition) is 2. The standard InChI is InChI=1S/C14H21N3O/c1-4-14(16,5-2)10-17-13-8-12(18-3)7-6-11(13)9-15/h6-8,17H,4-5,10,16H2,1-3H3. The lowest BCUT2D eigenvalue weighted by Gasteiger charge is -2.27. The minimum Gasteiger partial charge on any atom is -0.497 e. The van der Waals surface area contributed by atoms with Gasteiger partial charge in [0.05, 0.1) is 18.4 Å². The molecule has 0 aliphatic rings. The molecule has 0 aromatic heterocycles. The van der Waals surface area contributed by atoms with Gasteiger partial charge in [-0.2, -0.15) is 5.26 Å². The summed E-state index contributed by atoms with van der Waals surface area (Å²) < 4.78 is 5.16. The van der Waals surface area contributed by atoms with Gasteiger partial charge in [0.2, 0.25) is 0 Å². The number of nitriles is 1. The van der Waals surface area contributed by atoms with Crippen molar-refractivity contribution in [2.24, 2.45) is 5.73 Å². The van der Waals surface area contributed by atoms with E-state index in [0.29, 0.717) is 12.1 Å². The Labute approximate surface area is 109 Å². The Morgan fingerprint density at radius 1 is 1.39 bits per heavy atom. The van der Waals surface area contributed by atoms with Crippen LogP contribution in [0.2, 0.25) is 0 Å². The van der Waals surface area contributed by atoms with E-state index in [2.05, 4.69) is 25.2 Å². The van der Waals surface area contributed by atoms with Crippen molar-refractivity contribution in [3.63, 3.8) is 0 Å². The number of rotatable bonds is 6. The van der Waals surface area contributed by atoms with Crippen molar-refractivity contribution in [3.8, 4) is 11.8 Å². The zero-order chi connectivity index (χ0) is 13.6. The van der Waals surface area contributed by atoms with E-state index in [9.17, 15) is 0 Å². The van der Waals surface area contributed by atoms with Crippen LogP contribution in [-0.2, 0) is 0 Å². The summed E-state index contributed by atoms with van der Waals surface area (Å²) in [6.07, 6.45) is 1.78. The molecule has 0 heterocycles. The van der Waals surface area contributed by atoms with Crippen molar-refractivity contribution >= 4 is 5.69 Å². The highest BCUT2D eigenvalue weighted by Crippen LogP contribution is 2.23. The molecule has 0 bridgehead atoms. The molecule has 4 nitrogen and oxygen atoms in total. The first kappa shape index (κ1) is 14.3. The van der Waals surface area contributed by atoms with Crippen LogP contribution in [0.1, 0.15) is 32.3 Å². The molecule has 0 atom stereocenters. The van der Waals surface area contributed by atoms with Crippen molar-refractivity contribution in [2.75, 3.05) is 19.0 Å². The third-order valence-corrected chi connectivity index (χ3v) is 3.39. The first-order valence-corrected chi connectivity index (χ1v) is 6.19. The summed E-state index contributed by atoms with van der Waals surface area (Å²) in [5.74, 6) is 0.729. The molecular formula is C14H21N3O. The number of nitrogens with one attached hydrogen (secondary N) is 1. The molecule has 1 aromatic rings. The van der Waals surface area contributed by atoms with Crippen molar-refractivity contribution in [2.45, 2.75) is 32.2 Å². The molecule has 4 heteroatoms. The summed E-state index contributed by atoms with van der Waals surface area (Å²) in [7, 11) is 1.61. The van der Waals surface area contributed by atoms with E-state index in [4.69, 9.17) is 15.7 Å².